The molecule has 1 N–H and O–H groups in total. The van der Waals surface area contributed by atoms with Crippen molar-refractivity contribution >= 4 is 40.7 Å². The van der Waals surface area contributed by atoms with Gasteiger partial charge in [-0.2, -0.15) is 0 Å². The van der Waals surface area contributed by atoms with E-state index < -0.39 is 17.7 Å². The number of hydrogen-bond donors (Lipinski definition) is 1. The van der Waals surface area contributed by atoms with Gasteiger partial charge in [-0.1, -0.05) is 35.3 Å². The van der Waals surface area contributed by atoms with Gasteiger partial charge in [-0.25, -0.2) is 4.39 Å². The molecule has 2 aromatic rings. The Morgan fingerprint density at radius 1 is 1.00 bits per heavy atom. The fourth-order valence-electron chi connectivity index (χ4n) is 5.73. The molecule has 0 unspecified atom stereocenters. The first-order valence-electron chi connectivity index (χ1n) is 12.6. The summed E-state index contributed by atoms with van der Waals surface area (Å²) in [5, 5.41) is 9.92. The maximum Gasteiger partial charge on any atom is 0.305 e. The molecule has 198 valence electrons. The number of nitrogens with zero attached hydrogens (tertiary/aromatic N) is 1. The molecule has 0 bridgehead atoms. The lowest BCUT2D eigenvalue weighted by Gasteiger charge is -2.44. The lowest BCUT2D eigenvalue weighted by atomic mass is 9.70. The average molecular weight is 558 g/mol. The van der Waals surface area contributed by atoms with E-state index in [9.17, 15) is 23.9 Å². The van der Waals surface area contributed by atoms with E-state index in [1.807, 2.05) is 4.90 Å². The molecule has 0 saturated carbocycles. The van der Waals surface area contributed by atoms with Crippen molar-refractivity contribution in [1.29, 1.82) is 0 Å². The number of carbonyl (C=O) groups excluding carboxylic acids is 2. The van der Waals surface area contributed by atoms with Gasteiger partial charge in [0.1, 0.15) is 18.2 Å². The molecular formula is C29H26Cl2FNO5. The summed E-state index contributed by atoms with van der Waals surface area (Å²) in [6, 6.07) is 9.22. The highest BCUT2D eigenvalue weighted by Crippen LogP contribution is 2.52. The van der Waals surface area contributed by atoms with Crippen molar-refractivity contribution in [3.8, 4) is 5.75 Å². The van der Waals surface area contributed by atoms with Crippen LogP contribution in [0.5, 0.6) is 5.75 Å². The average Bonchev–Trinajstić information content (AvgIpc) is 2.86. The molecule has 0 spiro atoms. The second-order valence-corrected chi connectivity index (χ2v) is 10.6. The molecule has 3 aliphatic rings. The Hall–Kier alpha value is -3.16. The predicted molar refractivity (Wildman–Crippen MR) is 141 cm³/mol. The van der Waals surface area contributed by atoms with Gasteiger partial charge in [0.25, 0.3) is 0 Å². The summed E-state index contributed by atoms with van der Waals surface area (Å²) in [4.78, 5) is 40.3. The molecule has 5 rings (SSSR count). The quantitative estimate of drug-likeness (QED) is 0.413. The number of hydrogen-bond acceptors (Lipinski definition) is 5. The van der Waals surface area contributed by atoms with Crippen LogP contribution in [0.25, 0.3) is 0 Å². The number of rotatable bonds is 7. The van der Waals surface area contributed by atoms with Crippen LogP contribution in [0, 0.1) is 5.82 Å². The van der Waals surface area contributed by atoms with Gasteiger partial charge in [0, 0.05) is 58.4 Å². The number of aliphatic carboxylic acids is 1. The molecule has 1 aliphatic heterocycles. The summed E-state index contributed by atoms with van der Waals surface area (Å²) in [6.07, 6.45) is 3.00. The number of allylic oxidation sites excluding steroid dienone is 4. The van der Waals surface area contributed by atoms with Crippen LogP contribution in [0.1, 0.15) is 62.0 Å². The Bertz CT molecular complexity index is 1360. The Morgan fingerprint density at radius 3 is 2.26 bits per heavy atom. The highest BCUT2D eigenvalue weighted by Gasteiger charge is 2.44. The number of ether oxygens (including phenoxy) is 1. The fourth-order valence-corrected chi connectivity index (χ4v) is 6.30. The molecule has 2 aliphatic carbocycles. The topological polar surface area (TPSA) is 83.9 Å². The van der Waals surface area contributed by atoms with Crippen LogP contribution in [0.2, 0.25) is 10.0 Å². The van der Waals surface area contributed by atoms with E-state index in [1.54, 1.807) is 18.2 Å². The predicted octanol–water partition coefficient (Wildman–Crippen LogP) is 6.60. The van der Waals surface area contributed by atoms with E-state index in [0.29, 0.717) is 65.8 Å². The van der Waals surface area contributed by atoms with E-state index >= 15 is 0 Å². The Balaban J connectivity index is 1.67. The van der Waals surface area contributed by atoms with Gasteiger partial charge in [-0.15, -0.1) is 0 Å². The summed E-state index contributed by atoms with van der Waals surface area (Å²) >= 11 is 13.1. The molecule has 0 radical (unpaired) electrons. The second kappa shape index (κ2) is 10.9. The van der Waals surface area contributed by atoms with Crippen molar-refractivity contribution < 1.29 is 28.6 Å². The summed E-state index contributed by atoms with van der Waals surface area (Å²) in [6.45, 7) is 0.197. The number of carboxylic acids is 1. The highest BCUT2D eigenvalue weighted by atomic mass is 35.5. The third-order valence-corrected chi connectivity index (χ3v) is 7.76. The summed E-state index contributed by atoms with van der Waals surface area (Å²) in [5.74, 6) is -1.98. The molecule has 0 atom stereocenters. The van der Waals surface area contributed by atoms with Crippen molar-refractivity contribution in [3.05, 3.63) is 85.9 Å². The zero-order valence-corrected chi connectivity index (χ0v) is 22.1. The molecule has 6 nitrogen and oxygen atoms in total. The Labute approximate surface area is 229 Å². The van der Waals surface area contributed by atoms with Crippen molar-refractivity contribution in [2.24, 2.45) is 0 Å². The standard InChI is InChI=1S/C29H26Cl2FNO5/c30-17-13-19(29(20(31)14-17)38-15-16-4-1-5-18(32)12-16)26-27-21(6-2-8-23(27)34)33(11-10-25(36)37)22-7-3-9-24(35)28(22)26/h1,4-5,12-14,26H,2-3,6-11,15H2,(H,36,37). The fraction of sp³-hybridized carbons (Fsp3) is 0.345. The molecule has 0 amide bonds. The van der Waals surface area contributed by atoms with E-state index in [0.717, 1.165) is 11.4 Å². The van der Waals surface area contributed by atoms with E-state index in [-0.39, 0.29) is 41.9 Å². The zero-order chi connectivity index (χ0) is 27.0. The monoisotopic (exact) mass is 557 g/mol. The van der Waals surface area contributed by atoms with Gasteiger partial charge in [-0.3, -0.25) is 14.4 Å². The largest absolute Gasteiger partial charge is 0.487 e. The van der Waals surface area contributed by atoms with Gasteiger partial charge in [0.15, 0.2) is 11.6 Å². The number of carbonyl (C=O) groups is 3. The molecule has 1 heterocycles. The van der Waals surface area contributed by atoms with Crippen molar-refractivity contribution in [3.63, 3.8) is 0 Å². The van der Waals surface area contributed by atoms with Crippen molar-refractivity contribution in [1.82, 2.24) is 4.90 Å². The van der Waals surface area contributed by atoms with Crippen molar-refractivity contribution in [2.75, 3.05) is 6.54 Å². The van der Waals surface area contributed by atoms with Gasteiger partial charge >= 0.3 is 5.97 Å². The zero-order valence-electron chi connectivity index (χ0n) is 20.6. The first kappa shape index (κ1) is 26.4. The molecule has 2 aromatic carbocycles. The van der Waals surface area contributed by atoms with Crippen molar-refractivity contribution in [2.45, 2.75) is 57.5 Å². The van der Waals surface area contributed by atoms with Crippen LogP contribution in [0.3, 0.4) is 0 Å². The molecule has 38 heavy (non-hydrogen) atoms. The van der Waals surface area contributed by atoms with Gasteiger partial charge in [0.2, 0.25) is 0 Å². The summed E-state index contributed by atoms with van der Waals surface area (Å²) in [7, 11) is 0. The number of benzene rings is 2. The number of ketones is 2. The minimum Gasteiger partial charge on any atom is -0.487 e. The van der Waals surface area contributed by atoms with Gasteiger partial charge in [0.05, 0.1) is 11.4 Å². The first-order valence-corrected chi connectivity index (χ1v) is 13.4. The third kappa shape index (κ3) is 5.09. The smallest absolute Gasteiger partial charge is 0.305 e. The molecular weight excluding hydrogens is 532 g/mol. The van der Waals surface area contributed by atoms with Crippen LogP contribution < -0.4 is 4.74 Å². The van der Waals surface area contributed by atoms with Crippen LogP contribution in [0.15, 0.2) is 58.9 Å². The van der Waals surface area contributed by atoms with Crippen LogP contribution in [-0.4, -0.2) is 34.1 Å². The van der Waals surface area contributed by atoms with Crippen LogP contribution >= 0.6 is 23.2 Å². The Morgan fingerprint density at radius 2 is 1.66 bits per heavy atom. The lowest BCUT2D eigenvalue weighted by molar-refractivity contribution is -0.137. The number of carboxylic acid groups (broad SMARTS) is 1. The minimum atomic E-state index is -0.949. The molecule has 0 saturated heterocycles. The molecule has 0 aromatic heterocycles. The summed E-state index contributed by atoms with van der Waals surface area (Å²) in [5.41, 5.74) is 3.56. The van der Waals surface area contributed by atoms with Gasteiger partial charge < -0.3 is 14.7 Å². The number of Topliss-reactive ketones (excluding diaryl/α,β-unsaturated/α-hetero) is 2. The molecule has 0 fully saturated rings. The van der Waals surface area contributed by atoms with E-state index in [2.05, 4.69) is 0 Å². The minimum absolute atomic E-state index is 0.0171. The maximum atomic E-state index is 13.8. The SMILES string of the molecule is O=C(O)CCN1C2=C(C(=O)CCC2)C(c2cc(Cl)cc(Cl)c2OCc2cccc(F)c2)C2=C1CCCC2=O. The molecule has 9 heteroatoms. The maximum absolute atomic E-state index is 13.8. The number of halogens is 3. The second-order valence-electron chi connectivity index (χ2n) is 9.73. The van der Waals surface area contributed by atoms with E-state index in [1.165, 1.54) is 18.2 Å². The third-order valence-electron chi connectivity index (χ3n) is 7.26. The lowest BCUT2D eigenvalue weighted by Crippen LogP contribution is -2.40. The van der Waals surface area contributed by atoms with Crippen LogP contribution in [0.4, 0.5) is 4.39 Å². The highest BCUT2D eigenvalue weighted by molar-refractivity contribution is 6.35. The summed E-state index contributed by atoms with van der Waals surface area (Å²) < 4.78 is 19.9. The normalized spacial score (nSPS) is 18.0. The Kier molecular flexibility index (Phi) is 7.59. The first-order chi connectivity index (χ1) is 18.2. The van der Waals surface area contributed by atoms with Crippen LogP contribution in [-0.2, 0) is 21.0 Å². The van der Waals surface area contributed by atoms with E-state index in [4.69, 9.17) is 27.9 Å². The van der Waals surface area contributed by atoms with Gasteiger partial charge in [-0.05, 0) is 55.5 Å².